The monoisotopic (exact) mass is 121 g/mol. The number of hydrogen-bond donors (Lipinski definition) is 4. The molecule has 0 unspecified atom stereocenters. The lowest BCUT2D eigenvalue weighted by molar-refractivity contribution is -0.134. The van der Waals surface area contributed by atoms with E-state index in [0.717, 1.165) is 0 Å². The number of nitrogens with one attached hydrogen (secondary N) is 1. The summed E-state index contributed by atoms with van der Waals surface area (Å²) in [5.74, 6) is -1.74. The molecule has 0 atom stereocenters. The molecule has 5 heteroatoms. The predicted octanol–water partition coefficient (Wildman–Crippen LogP) is -1.07. The Kier molecular flexibility index (Phi) is 3.51. The standard InChI is InChI=1S/C2H4O2.CH5N3/c1-2(3)4;2-1(3)4/h1H3,(H,3,4);(H5,2,3,4)/i1D2;. The zero-order valence-corrected chi connectivity index (χ0v) is 4.09. The SMILES string of the molecule is N=C(N)N.[2H]C([2H])C(=O)O. The third-order valence-corrected chi connectivity index (χ3v) is 0. The fourth-order valence-electron chi connectivity index (χ4n) is 0. The van der Waals surface area contributed by atoms with E-state index in [1.807, 2.05) is 0 Å². The summed E-state index contributed by atoms with van der Waals surface area (Å²) in [5, 5.41) is 13.7. The summed E-state index contributed by atoms with van der Waals surface area (Å²) in [4.78, 5) is 9.32. The molecule has 0 aromatic heterocycles. The molecule has 0 aliphatic rings. The molecular weight excluding hydrogens is 110 g/mol. The first-order valence-corrected chi connectivity index (χ1v) is 1.54. The maximum Gasteiger partial charge on any atom is 0.300 e. The maximum absolute atomic E-state index is 9.32. The summed E-state index contributed by atoms with van der Waals surface area (Å²) in [6, 6.07) is 0. The van der Waals surface area contributed by atoms with Gasteiger partial charge in [0.05, 0.1) is 0 Å². The molecule has 0 radical (unpaired) electrons. The van der Waals surface area contributed by atoms with E-state index in [4.69, 9.17) is 13.3 Å². The van der Waals surface area contributed by atoms with Gasteiger partial charge in [-0.1, -0.05) is 0 Å². The third kappa shape index (κ3) is 41.8. The van der Waals surface area contributed by atoms with E-state index in [-0.39, 0.29) is 5.96 Å². The van der Waals surface area contributed by atoms with Gasteiger partial charge < -0.3 is 16.6 Å². The molecule has 0 saturated heterocycles. The molecule has 6 N–H and O–H groups in total. The molecule has 0 saturated carbocycles. The van der Waals surface area contributed by atoms with Crippen LogP contribution in [0.25, 0.3) is 0 Å². The van der Waals surface area contributed by atoms with Gasteiger partial charge in [0, 0.05) is 9.62 Å². The number of carboxylic acids is 1. The van der Waals surface area contributed by atoms with Crippen LogP contribution in [0.1, 0.15) is 9.62 Å². The van der Waals surface area contributed by atoms with Gasteiger partial charge in [0.15, 0.2) is 5.96 Å². The molecular formula is C3H9N3O2. The number of rotatable bonds is 0. The van der Waals surface area contributed by atoms with Crippen molar-refractivity contribution >= 4 is 11.9 Å². The summed E-state index contributed by atoms with van der Waals surface area (Å²) < 4.78 is 12.2. The summed E-state index contributed by atoms with van der Waals surface area (Å²) >= 11 is 0. The Morgan fingerprint density at radius 1 is 1.88 bits per heavy atom. The number of carbonyl (C=O) groups is 1. The number of carboxylic acid groups (broad SMARTS) is 1. The van der Waals surface area contributed by atoms with Crippen LogP contribution in [0.15, 0.2) is 0 Å². The quantitative estimate of drug-likeness (QED) is 0.241. The van der Waals surface area contributed by atoms with Crippen LogP contribution in [-0.2, 0) is 4.79 Å². The average Bonchev–Trinajstić information content (AvgIpc) is 1.63. The Bertz CT molecular complexity index is 123. The molecule has 48 valence electrons. The second-order valence-corrected chi connectivity index (χ2v) is 0.794. The second-order valence-electron chi connectivity index (χ2n) is 0.794. The molecule has 0 spiro atoms. The Hall–Kier alpha value is -1.26. The van der Waals surface area contributed by atoms with E-state index < -0.39 is 12.8 Å². The molecule has 0 aliphatic carbocycles. The minimum atomic E-state index is -1.73. The number of hydrogen-bond acceptors (Lipinski definition) is 2. The third-order valence-electron chi connectivity index (χ3n) is 0. The van der Waals surface area contributed by atoms with Crippen LogP contribution in [-0.4, -0.2) is 17.0 Å². The minimum Gasteiger partial charge on any atom is -0.481 e. The Morgan fingerprint density at radius 2 is 2.00 bits per heavy atom. The van der Waals surface area contributed by atoms with Gasteiger partial charge in [-0.05, 0) is 0 Å². The van der Waals surface area contributed by atoms with Gasteiger partial charge in [0.1, 0.15) is 0 Å². The molecule has 8 heavy (non-hydrogen) atoms. The van der Waals surface area contributed by atoms with Gasteiger partial charge in [0.2, 0.25) is 0 Å². The first kappa shape index (κ1) is 4.89. The molecule has 0 aromatic carbocycles. The fraction of sp³-hybridized carbons (Fsp3) is 0.333. The van der Waals surface area contributed by atoms with Crippen molar-refractivity contribution in [3.05, 3.63) is 0 Å². The van der Waals surface area contributed by atoms with Crippen molar-refractivity contribution in [1.29, 1.82) is 5.41 Å². The van der Waals surface area contributed by atoms with E-state index in [1.165, 1.54) is 0 Å². The van der Waals surface area contributed by atoms with Crippen LogP contribution in [0.4, 0.5) is 0 Å². The van der Waals surface area contributed by atoms with Crippen LogP contribution in [0.3, 0.4) is 0 Å². The fourth-order valence-corrected chi connectivity index (χ4v) is 0. The Morgan fingerprint density at radius 3 is 2.00 bits per heavy atom. The van der Waals surface area contributed by atoms with Crippen LogP contribution in [0, 0.1) is 5.41 Å². The summed E-state index contributed by atoms with van der Waals surface area (Å²) in [5.41, 5.74) is 8.94. The van der Waals surface area contributed by atoms with Crippen molar-refractivity contribution in [2.24, 2.45) is 11.5 Å². The minimum absolute atomic E-state index is 0.333. The lowest BCUT2D eigenvalue weighted by Crippen LogP contribution is -2.20. The van der Waals surface area contributed by atoms with Crippen LogP contribution in [0.2, 0.25) is 0 Å². The molecule has 0 aromatic rings. The van der Waals surface area contributed by atoms with Crippen molar-refractivity contribution < 1.29 is 12.6 Å². The summed E-state index contributed by atoms with van der Waals surface area (Å²) in [7, 11) is 0. The molecule has 5 nitrogen and oxygen atoms in total. The normalized spacial score (nSPS) is 10.1. The van der Waals surface area contributed by atoms with Crippen molar-refractivity contribution in [3.8, 4) is 0 Å². The van der Waals surface area contributed by atoms with Crippen LogP contribution < -0.4 is 11.5 Å². The van der Waals surface area contributed by atoms with E-state index in [0.29, 0.717) is 0 Å². The molecule has 0 fully saturated rings. The molecule has 0 rings (SSSR count). The highest BCUT2D eigenvalue weighted by Crippen LogP contribution is 1.42. The Labute approximate surface area is 49.6 Å². The van der Waals surface area contributed by atoms with Gasteiger partial charge in [-0.3, -0.25) is 10.2 Å². The predicted molar refractivity (Wildman–Crippen MR) is 29.4 cm³/mol. The molecule has 0 heterocycles. The maximum atomic E-state index is 9.32. The largest absolute Gasteiger partial charge is 0.481 e. The van der Waals surface area contributed by atoms with Gasteiger partial charge >= 0.3 is 0 Å². The zero-order valence-electron chi connectivity index (χ0n) is 6.09. The average molecular weight is 121 g/mol. The lowest BCUT2D eigenvalue weighted by atomic mass is 10.9. The van der Waals surface area contributed by atoms with Crippen molar-refractivity contribution in [3.63, 3.8) is 0 Å². The van der Waals surface area contributed by atoms with E-state index in [1.54, 1.807) is 0 Å². The first-order chi connectivity index (χ1) is 4.37. The second kappa shape index (κ2) is 5.74. The highest BCUT2D eigenvalue weighted by Gasteiger charge is 1.65. The smallest absolute Gasteiger partial charge is 0.300 e. The van der Waals surface area contributed by atoms with Gasteiger partial charge in [-0.2, -0.15) is 0 Å². The molecule has 0 bridgehead atoms. The van der Waals surface area contributed by atoms with Crippen LogP contribution >= 0.6 is 0 Å². The van der Waals surface area contributed by atoms with Gasteiger partial charge in [-0.15, -0.1) is 0 Å². The van der Waals surface area contributed by atoms with E-state index >= 15 is 0 Å². The van der Waals surface area contributed by atoms with Gasteiger partial charge in [-0.25, -0.2) is 0 Å². The lowest BCUT2D eigenvalue weighted by Gasteiger charge is -1.69. The Balaban J connectivity index is 0. The summed E-state index contributed by atoms with van der Waals surface area (Å²) in [6.45, 7) is -1.73. The van der Waals surface area contributed by atoms with Crippen LogP contribution in [0.5, 0.6) is 0 Å². The molecule has 0 amide bonds. The number of nitrogens with two attached hydrogens (primary N) is 2. The van der Waals surface area contributed by atoms with Gasteiger partial charge in [0.25, 0.3) is 5.97 Å². The molecule has 0 aliphatic heterocycles. The first-order valence-electron chi connectivity index (χ1n) is 2.70. The highest BCUT2D eigenvalue weighted by atomic mass is 16.4. The van der Waals surface area contributed by atoms with Crippen molar-refractivity contribution in [2.45, 2.75) is 6.88 Å². The number of aliphatic carboxylic acids is 1. The van der Waals surface area contributed by atoms with Crippen molar-refractivity contribution in [2.75, 3.05) is 0 Å². The zero-order chi connectivity index (χ0) is 8.73. The summed E-state index contributed by atoms with van der Waals surface area (Å²) in [6.07, 6.45) is 0. The van der Waals surface area contributed by atoms with Crippen molar-refractivity contribution in [1.82, 2.24) is 0 Å². The van der Waals surface area contributed by atoms with E-state index in [2.05, 4.69) is 11.5 Å². The topological polar surface area (TPSA) is 113 Å². The van der Waals surface area contributed by atoms with E-state index in [9.17, 15) is 4.79 Å². The highest BCUT2D eigenvalue weighted by molar-refractivity contribution is 5.71. The number of guanidine groups is 1.